The van der Waals surface area contributed by atoms with Crippen molar-refractivity contribution >= 4 is 204 Å². The number of hydrogen-bond donors (Lipinski definition) is 8. The number of nitrogens with one attached hydrogen (secondary N) is 2. The molecule has 2 amide bonds. The molecule has 0 atom stereocenters. The van der Waals surface area contributed by atoms with Crippen LogP contribution in [0.25, 0.3) is 17.1 Å². The number of carbonyl (C=O) groups excluding carboxylic acids is 6. The number of anilines is 6. The van der Waals surface area contributed by atoms with Crippen LogP contribution < -0.4 is 266 Å². The zero-order valence-electron chi connectivity index (χ0n) is 80.0. The van der Waals surface area contributed by atoms with Gasteiger partial charge in [0.15, 0.2) is 40.2 Å². The Morgan fingerprint density at radius 3 is 0.958 bits per heavy atom. The van der Waals surface area contributed by atoms with Gasteiger partial charge in [0.2, 0.25) is 20.5 Å². The third-order valence-electron chi connectivity index (χ3n) is 17.8. The molecular weight excluding hydrogens is 2100 g/mol. The second kappa shape index (κ2) is 55.7. The number of benzene rings is 5. The Morgan fingerprint density at radius 1 is 0.403 bits per heavy atom. The van der Waals surface area contributed by atoms with Gasteiger partial charge in [-0.25, -0.2) is 65.1 Å². The summed E-state index contributed by atoms with van der Waals surface area (Å²) in [5.41, 5.74) is 22.5. The van der Waals surface area contributed by atoms with Crippen LogP contribution in [0, 0.1) is 0 Å². The number of nitrogens with zero attached hydrogens (tertiary/aromatic N) is 24. The van der Waals surface area contributed by atoms with Crippen LogP contribution in [0.15, 0.2) is 167 Å². The van der Waals surface area contributed by atoms with Gasteiger partial charge in [0.25, 0.3) is 11.8 Å². The summed E-state index contributed by atoms with van der Waals surface area (Å²) in [7, 11) is -9.11. The molecule has 0 saturated heterocycles. The van der Waals surface area contributed by atoms with Crippen LogP contribution >= 0.6 is 58.2 Å². The van der Waals surface area contributed by atoms with E-state index >= 15 is 0 Å². The molecule has 13 rings (SSSR count). The first-order valence-electron chi connectivity index (χ1n) is 38.6. The number of aromatic nitrogens is 16. The Kier molecular flexibility index (Phi) is 50.2. The maximum Gasteiger partial charge on any atom is 1.00 e. The summed E-state index contributed by atoms with van der Waals surface area (Å²) in [5.74, 6) is -11.6. The van der Waals surface area contributed by atoms with Crippen LogP contribution in [-0.2, 0) is 57.8 Å². The Labute approximate surface area is 992 Å². The van der Waals surface area contributed by atoms with E-state index in [1.807, 2.05) is 83.1 Å². The summed E-state index contributed by atoms with van der Waals surface area (Å²) in [6.07, 6.45) is 5.45. The Hall–Kier alpha value is -8.41. The molecule has 8 heterocycles. The van der Waals surface area contributed by atoms with Gasteiger partial charge in [0.1, 0.15) is 41.2 Å². The van der Waals surface area contributed by atoms with E-state index in [1.54, 1.807) is 0 Å². The molecule has 0 aliphatic carbocycles. The van der Waals surface area contributed by atoms with Crippen molar-refractivity contribution < 1.29 is 316 Å². The predicted octanol–water partition coefficient (Wildman–Crippen LogP) is -13.5. The monoisotopic (exact) mass is 2170 g/mol. The predicted molar refractivity (Wildman–Crippen MR) is 477 cm³/mol. The molecule has 0 saturated carbocycles. The van der Waals surface area contributed by atoms with E-state index in [2.05, 4.69) is 119 Å². The molecule has 144 heavy (non-hydrogen) atoms. The van der Waals surface area contributed by atoms with Crippen molar-refractivity contribution in [2.75, 3.05) is 39.3 Å². The van der Waals surface area contributed by atoms with Crippen molar-refractivity contribution in [3.05, 3.63) is 184 Å². The molecule has 0 unspecified atom stereocenters. The van der Waals surface area contributed by atoms with E-state index < -0.39 is 117 Å². The minimum atomic E-state index is -4.84. The number of carboxylic acid groups (broad SMARTS) is 6. The van der Waals surface area contributed by atoms with E-state index in [-0.39, 0.29) is 326 Å². The Morgan fingerprint density at radius 2 is 0.688 bits per heavy atom. The van der Waals surface area contributed by atoms with Gasteiger partial charge in [-0.1, -0.05) is 83.1 Å². The maximum absolute atomic E-state index is 13.7. The summed E-state index contributed by atoms with van der Waals surface area (Å²) >= 11 is 4.56. The topological polar surface area (TPSA) is 827 Å². The van der Waals surface area contributed by atoms with Crippen LogP contribution in [0.1, 0.15) is 195 Å². The molecule has 0 radical (unpaired) electrons. The van der Waals surface area contributed by atoms with E-state index in [9.17, 15) is 100 Å². The summed E-state index contributed by atoms with van der Waals surface area (Å²) < 4.78 is 91.6. The summed E-state index contributed by atoms with van der Waals surface area (Å²) in [4.78, 5) is 111. The molecule has 0 aliphatic rings. The fraction of sp³-hybridized carbons (Fsp3) is 0.247. The molecule has 13 aromatic rings. The van der Waals surface area contributed by atoms with Gasteiger partial charge in [0, 0.05) is 107 Å². The second-order valence-corrected chi connectivity index (χ2v) is 39.0. The van der Waals surface area contributed by atoms with Gasteiger partial charge in [-0.3, -0.25) is 14.6 Å². The fourth-order valence-corrected chi connectivity index (χ4v) is 14.7. The number of amides is 2. The van der Waals surface area contributed by atoms with Gasteiger partial charge in [-0.2, -0.15) is 42.2 Å². The standard InChI is InChI=1S/C33H27N9O10S.C17H17N7O4S.C15H17N7O6S3.C12H19N7O3S2.7Na/c1-33(2,3)24-23(39-40-32-35-13-36-53-32)25(34)42(41-24)22-11-14(26(43)37-20-7-16(28(45)46)5-17(8-20)29(47)48)4-15(12-22)27(44)38-21-9-18(30(49)50)6-19(10-21)31(51)52;1-17(2,3)12-11(21-22-16-19-7-20-29-16)13(18)24(23-12)10-5-8(14(25)26)4-9(6-10)15(27)28;1-15(2,3)12-11(19-20-14-17-7-18-29-14)13(16)22(21-12)8-4-9(30-28-27-23)6-10(5-8)31(24,25)26;1-12(2,3)9-8(16-17-11-14-7-15-23-11)10(13)19(18-9)5-4-6-24(20,21)22;;;;;;;/h4-13H,34H2,1-3H3,(H,37,43)(H,38,44)(H,45,46)(H,47,48)(H,49,50)(H,51,52);4-7H,18H2,1-3H3,(H,25,26)(H,27,28);4-7,23H,16H2,1-3H3,(H,24,25,26);7H,4-6,13H2,1-3H3,(H,20,21,22);;;;;;;/q;;;;7*+1/p-7. The summed E-state index contributed by atoms with van der Waals surface area (Å²) in [6.45, 7) is 22.8. The largest absolute Gasteiger partial charge is 1.00 e. The molecular formula is C77H73N30Na7O23S7. The number of aryl methyl sites for hydroxylation is 1. The molecule has 0 bridgehead atoms. The van der Waals surface area contributed by atoms with Crippen molar-refractivity contribution in [1.29, 1.82) is 0 Å². The van der Waals surface area contributed by atoms with E-state index in [1.165, 1.54) is 74.4 Å². The average molecular weight is 2170 g/mol. The van der Waals surface area contributed by atoms with Gasteiger partial charge < -0.3 is 97.7 Å². The SMILES string of the molecule is CC(C)(C)c1nn(-c2cc(C(=O)Nc3cc(C(=O)[O-])cc(C(=O)[O-])c3)cc(C(=O)Nc3cc(C(=O)[O-])cc(C(=O)[O-])c3)c2)c(N)c1N=Nc1ncns1.CC(C)(C)c1nn(-c2cc(C(=O)O)cc(C(=O)O)c2)c(N)c1N=Nc1ncns1.CC(C)(C)c1nn(-c2cc(SOO[O-])cc(S(=O)(=O)[O-])c2)c(N)c1N=Nc1ncns1.CC(C)(C)c1nn(CCCS(=O)(=O)[O-])c(N)c1N=Nc1ncns1.[Na+].[Na+].[Na+].[Na+].[Na+].[Na+].[Na+]. The van der Waals surface area contributed by atoms with Crippen LogP contribution in [0.4, 0.5) is 77.9 Å². The minimum absolute atomic E-state index is 0. The normalized spacial score (nSPS) is 11.4. The number of hydrogen-bond acceptors (Lipinski definition) is 50. The molecule has 53 nitrogen and oxygen atoms in total. The van der Waals surface area contributed by atoms with Crippen LogP contribution in [0.2, 0.25) is 0 Å². The number of carboxylic acids is 6. The molecule has 5 aromatic carbocycles. The van der Waals surface area contributed by atoms with E-state index in [4.69, 9.17) is 22.9 Å². The first kappa shape index (κ1) is 130. The molecule has 67 heteroatoms. The number of aromatic carboxylic acids is 6. The second-order valence-electron chi connectivity index (χ2n) is 32.2. The molecule has 0 spiro atoms. The Balaban J connectivity index is 0.000000510. The van der Waals surface area contributed by atoms with Crippen molar-refractivity contribution in [3.63, 3.8) is 0 Å². The first-order valence-corrected chi connectivity index (χ1v) is 45.4. The van der Waals surface area contributed by atoms with Crippen molar-refractivity contribution in [2.45, 2.75) is 128 Å². The van der Waals surface area contributed by atoms with E-state index in [0.717, 1.165) is 107 Å². The van der Waals surface area contributed by atoms with Crippen molar-refractivity contribution in [1.82, 2.24) is 76.6 Å². The Bertz CT molecular complexity index is 6950. The molecule has 0 fully saturated rings. The van der Waals surface area contributed by atoms with Gasteiger partial charge in [-0.15, -0.1) is 40.9 Å². The van der Waals surface area contributed by atoms with Crippen LogP contribution in [0.5, 0.6) is 0 Å². The van der Waals surface area contributed by atoms with Crippen LogP contribution in [0.3, 0.4) is 0 Å². The van der Waals surface area contributed by atoms with Crippen LogP contribution in [-0.4, -0.2) is 166 Å². The third kappa shape index (κ3) is 35.7. The fourth-order valence-electron chi connectivity index (χ4n) is 11.7. The third-order valence-corrected chi connectivity index (χ3v) is 22.2. The first-order chi connectivity index (χ1) is 64.1. The maximum atomic E-state index is 13.7. The summed E-state index contributed by atoms with van der Waals surface area (Å²) in [5, 5.41) is 135. The van der Waals surface area contributed by atoms with E-state index in [0.29, 0.717) is 55.9 Å². The number of azo groups is 4. The summed E-state index contributed by atoms with van der Waals surface area (Å²) in [6, 6.07) is 16.0. The molecule has 0 aliphatic heterocycles. The number of carbonyl (C=O) groups is 8. The quantitative estimate of drug-likeness (QED) is 0.00539. The smallest absolute Gasteiger partial charge is 0.748 e. The molecule has 12 N–H and O–H groups in total. The van der Waals surface area contributed by atoms with Gasteiger partial charge in [-0.05, 0) is 120 Å². The van der Waals surface area contributed by atoms with Gasteiger partial charge in [0.05, 0.1) is 102 Å². The number of nitrogen functional groups attached to an aromatic ring is 4. The average Bonchev–Trinajstić information content (AvgIpc) is 1.64. The molecule has 8 aromatic heterocycles. The van der Waals surface area contributed by atoms with Crippen molar-refractivity contribution in [3.8, 4) is 17.1 Å². The number of nitrogens with two attached hydrogens (primary N) is 4. The zero-order valence-corrected chi connectivity index (χ0v) is 99.7. The number of rotatable bonds is 29. The van der Waals surface area contributed by atoms with Crippen molar-refractivity contribution in [2.24, 2.45) is 40.9 Å². The molecule has 718 valence electrons. The minimum Gasteiger partial charge on any atom is -0.748 e. The van der Waals surface area contributed by atoms with Gasteiger partial charge >= 0.3 is 219 Å². The zero-order chi connectivity index (χ0) is 101.